The number of rotatable bonds is 7. The fourth-order valence-corrected chi connectivity index (χ4v) is 3.79. The Hall–Kier alpha value is -2.42. The van der Waals surface area contributed by atoms with Crippen LogP contribution in [0.5, 0.6) is 0 Å². The lowest BCUT2D eigenvalue weighted by molar-refractivity contribution is -0.113. The molecule has 1 aliphatic rings. The number of aromatic nitrogens is 4. The van der Waals surface area contributed by atoms with Gasteiger partial charge in [-0.2, -0.15) is 0 Å². The second kappa shape index (κ2) is 8.79. The summed E-state index contributed by atoms with van der Waals surface area (Å²) in [6.45, 7) is 0. The van der Waals surface area contributed by atoms with E-state index >= 15 is 0 Å². The zero-order valence-corrected chi connectivity index (χ0v) is 15.5. The van der Waals surface area contributed by atoms with E-state index in [2.05, 4.69) is 26.2 Å². The number of benzene rings is 1. The minimum absolute atomic E-state index is 0.121. The van der Waals surface area contributed by atoms with Crippen LogP contribution in [0, 0.1) is 0 Å². The minimum Gasteiger partial charge on any atom is -0.355 e. The summed E-state index contributed by atoms with van der Waals surface area (Å²) in [5.41, 5.74) is 1.11. The number of hydrogen-bond donors (Lipinski definition) is 2. The number of nitrogens with zero attached hydrogens (tertiary/aromatic N) is 4. The molecule has 138 valence electrons. The number of carbonyl (C=O) groups is 2. The summed E-state index contributed by atoms with van der Waals surface area (Å²) in [5, 5.41) is 17.3. The maximum absolute atomic E-state index is 12.1. The third-order valence-electron chi connectivity index (χ3n) is 4.33. The zero-order valence-electron chi connectivity index (χ0n) is 14.6. The molecular formula is C17H22N6O2S. The first-order valence-electron chi connectivity index (χ1n) is 8.64. The van der Waals surface area contributed by atoms with Crippen LogP contribution in [0.1, 0.15) is 47.9 Å². The van der Waals surface area contributed by atoms with Crippen LogP contribution in [0.15, 0.2) is 24.3 Å². The first-order chi connectivity index (χ1) is 12.7. The molecule has 0 unspecified atom stereocenters. The quantitative estimate of drug-likeness (QED) is 0.769. The molecule has 26 heavy (non-hydrogen) atoms. The van der Waals surface area contributed by atoms with Crippen molar-refractivity contribution in [3.63, 3.8) is 0 Å². The topological polar surface area (TPSA) is 102 Å². The average molecular weight is 374 g/mol. The second-order valence-electron chi connectivity index (χ2n) is 6.18. The van der Waals surface area contributed by atoms with Gasteiger partial charge in [0.25, 0.3) is 5.91 Å². The molecule has 3 rings (SSSR count). The van der Waals surface area contributed by atoms with Gasteiger partial charge in [0.1, 0.15) is 0 Å². The van der Waals surface area contributed by atoms with Gasteiger partial charge in [-0.25, -0.2) is 4.68 Å². The van der Waals surface area contributed by atoms with Crippen molar-refractivity contribution in [3.8, 4) is 0 Å². The zero-order chi connectivity index (χ0) is 18.4. The normalized spacial score (nSPS) is 14.3. The Morgan fingerprint density at radius 1 is 1.31 bits per heavy atom. The fourth-order valence-electron chi connectivity index (χ4n) is 3.05. The van der Waals surface area contributed by atoms with Gasteiger partial charge in [0.15, 0.2) is 5.82 Å². The lowest BCUT2D eigenvalue weighted by atomic mass is 10.2. The van der Waals surface area contributed by atoms with E-state index in [0.717, 1.165) is 18.7 Å². The second-order valence-corrected chi connectivity index (χ2v) is 7.16. The summed E-state index contributed by atoms with van der Waals surface area (Å²) in [7, 11) is 1.57. The molecule has 0 spiro atoms. The third kappa shape index (κ3) is 4.60. The molecule has 0 atom stereocenters. The first-order valence-corrected chi connectivity index (χ1v) is 9.79. The molecule has 2 N–H and O–H groups in total. The van der Waals surface area contributed by atoms with Crippen LogP contribution in [0.25, 0.3) is 0 Å². The Bertz CT molecular complexity index is 772. The van der Waals surface area contributed by atoms with E-state index in [1.165, 1.54) is 24.6 Å². The smallest absolute Gasteiger partial charge is 0.251 e. The molecule has 1 saturated carbocycles. The number of nitrogens with one attached hydrogen (secondary N) is 2. The van der Waals surface area contributed by atoms with Crippen molar-refractivity contribution in [2.75, 3.05) is 18.1 Å². The number of thioether (sulfide) groups is 1. The van der Waals surface area contributed by atoms with E-state index in [9.17, 15) is 9.59 Å². The van der Waals surface area contributed by atoms with Crippen LogP contribution in [-0.4, -0.2) is 44.8 Å². The Labute approximate surface area is 156 Å². The van der Waals surface area contributed by atoms with Crippen molar-refractivity contribution in [1.82, 2.24) is 25.5 Å². The van der Waals surface area contributed by atoms with Gasteiger partial charge in [0.05, 0.1) is 17.5 Å². The molecule has 0 bridgehead atoms. The highest BCUT2D eigenvalue weighted by atomic mass is 32.2. The highest BCUT2D eigenvalue weighted by molar-refractivity contribution is 7.99. The van der Waals surface area contributed by atoms with E-state index in [4.69, 9.17) is 0 Å². The lowest BCUT2D eigenvalue weighted by Gasteiger charge is -2.11. The Kier molecular flexibility index (Phi) is 6.21. The largest absolute Gasteiger partial charge is 0.355 e. The summed E-state index contributed by atoms with van der Waals surface area (Å²) < 4.78 is 1.91. The van der Waals surface area contributed by atoms with Crippen molar-refractivity contribution in [2.45, 2.75) is 37.5 Å². The molecule has 1 aromatic carbocycles. The predicted molar refractivity (Wildman–Crippen MR) is 99.9 cm³/mol. The van der Waals surface area contributed by atoms with Gasteiger partial charge in [0, 0.05) is 18.3 Å². The summed E-state index contributed by atoms with van der Waals surface area (Å²) in [6.07, 6.45) is 4.67. The molecule has 0 aliphatic heterocycles. The van der Waals surface area contributed by atoms with Crippen LogP contribution in [0.4, 0.5) is 5.69 Å². The Balaban J connectivity index is 1.49. The molecule has 1 aromatic heterocycles. The van der Waals surface area contributed by atoms with Crippen LogP contribution in [0.2, 0.25) is 0 Å². The highest BCUT2D eigenvalue weighted by Crippen LogP contribution is 2.29. The Morgan fingerprint density at radius 3 is 2.88 bits per heavy atom. The van der Waals surface area contributed by atoms with Crippen LogP contribution < -0.4 is 10.6 Å². The van der Waals surface area contributed by atoms with Crippen LogP contribution in [0.3, 0.4) is 0 Å². The number of tetrazole rings is 1. The molecule has 1 heterocycles. The standard InChI is InChI=1S/C17H22N6O2S/c1-18-17(25)12-5-4-6-13(9-12)19-16(24)11-26-10-15-20-21-22-23(15)14-7-2-3-8-14/h4-6,9,14H,2-3,7-8,10-11H2,1H3,(H,18,25)(H,19,24). The van der Waals surface area contributed by atoms with E-state index < -0.39 is 0 Å². The minimum atomic E-state index is -0.186. The van der Waals surface area contributed by atoms with Gasteiger partial charge in [-0.1, -0.05) is 18.9 Å². The molecule has 9 heteroatoms. The number of hydrogen-bond acceptors (Lipinski definition) is 6. The van der Waals surface area contributed by atoms with Crippen molar-refractivity contribution in [1.29, 1.82) is 0 Å². The maximum atomic E-state index is 12.1. The fraction of sp³-hybridized carbons (Fsp3) is 0.471. The summed E-state index contributed by atoms with van der Waals surface area (Å²) >= 11 is 1.47. The molecule has 8 nitrogen and oxygen atoms in total. The van der Waals surface area contributed by atoms with E-state index in [1.807, 2.05) is 4.68 Å². The van der Waals surface area contributed by atoms with E-state index in [-0.39, 0.29) is 11.8 Å². The SMILES string of the molecule is CNC(=O)c1cccc(NC(=O)CSCc2nnnn2C2CCCC2)c1. The molecular weight excluding hydrogens is 352 g/mol. The van der Waals surface area contributed by atoms with Gasteiger partial charge in [-0.05, 0) is 41.5 Å². The van der Waals surface area contributed by atoms with Crippen molar-refractivity contribution in [3.05, 3.63) is 35.7 Å². The third-order valence-corrected chi connectivity index (χ3v) is 5.26. The van der Waals surface area contributed by atoms with Crippen LogP contribution >= 0.6 is 11.8 Å². The molecule has 2 amide bonds. The van der Waals surface area contributed by atoms with Crippen molar-refractivity contribution in [2.24, 2.45) is 0 Å². The molecule has 1 aliphatic carbocycles. The van der Waals surface area contributed by atoms with Crippen LogP contribution in [-0.2, 0) is 10.5 Å². The molecule has 1 fully saturated rings. The number of carbonyl (C=O) groups excluding carboxylic acids is 2. The monoisotopic (exact) mass is 374 g/mol. The van der Waals surface area contributed by atoms with Crippen molar-refractivity contribution < 1.29 is 9.59 Å². The lowest BCUT2D eigenvalue weighted by Crippen LogP contribution is -2.19. The molecule has 0 saturated heterocycles. The molecule has 2 aromatic rings. The number of amides is 2. The van der Waals surface area contributed by atoms with E-state index in [1.54, 1.807) is 31.3 Å². The van der Waals surface area contributed by atoms with Gasteiger partial charge >= 0.3 is 0 Å². The van der Waals surface area contributed by atoms with Gasteiger partial charge < -0.3 is 10.6 Å². The van der Waals surface area contributed by atoms with Gasteiger partial charge in [-0.3, -0.25) is 9.59 Å². The summed E-state index contributed by atoms with van der Waals surface area (Å²) in [4.78, 5) is 23.8. The van der Waals surface area contributed by atoms with E-state index in [0.29, 0.717) is 28.8 Å². The average Bonchev–Trinajstić information content (AvgIpc) is 3.32. The van der Waals surface area contributed by atoms with Crippen molar-refractivity contribution >= 4 is 29.3 Å². The maximum Gasteiger partial charge on any atom is 0.251 e. The van der Waals surface area contributed by atoms with Gasteiger partial charge in [-0.15, -0.1) is 16.9 Å². The predicted octanol–water partition coefficient (Wildman–Crippen LogP) is 2.02. The van der Waals surface area contributed by atoms with Gasteiger partial charge in [0.2, 0.25) is 5.91 Å². The first kappa shape index (κ1) is 18.4. The number of anilines is 1. The molecule has 0 radical (unpaired) electrons. The summed E-state index contributed by atoms with van der Waals surface area (Å²) in [6, 6.07) is 7.24. The Morgan fingerprint density at radius 2 is 2.12 bits per heavy atom. The highest BCUT2D eigenvalue weighted by Gasteiger charge is 2.21. The summed E-state index contributed by atoms with van der Waals surface area (Å²) in [5.74, 6) is 1.39.